The molecule has 9 heavy (non-hydrogen) atoms. The van der Waals surface area contributed by atoms with Gasteiger partial charge in [0.2, 0.25) is 0 Å². The van der Waals surface area contributed by atoms with Crippen LogP contribution in [-0.4, -0.2) is 24.3 Å². The number of rotatable bonds is 0. The van der Waals surface area contributed by atoms with Gasteiger partial charge in [-0.05, 0) is 6.08 Å². The summed E-state index contributed by atoms with van der Waals surface area (Å²) in [5, 5.41) is 20.2. The van der Waals surface area contributed by atoms with Gasteiger partial charge in [0, 0.05) is 18.7 Å². The molecule has 0 radical (unpaired) electrons. The zero-order valence-electron chi connectivity index (χ0n) is 4.96. The predicted molar refractivity (Wildman–Crippen MR) is 32.6 cm³/mol. The first kappa shape index (κ1) is 6.27. The van der Waals surface area contributed by atoms with Crippen LogP contribution in [0.5, 0.6) is 0 Å². The predicted octanol–water partition coefficient (Wildman–Crippen LogP) is -0.600. The number of β-amino-alcohol motifs (C(OH)–C–C–N with tert-alkyl or cyclic N) is 1. The minimum Gasteiger partial charge on any atom is -0.388 e. The van der Waals surface area contributed by atoms with Gasteiger partial charge in [-0.25, -0.2) is 0 Å². The van der Waals surface area contributed by atoms with Gasteiger partial charge >= 0.3 is 0 Å². The maximum Gasteiger partial charge on any atom is 0.0958 e. The first-order chi connectivity index (χ1) is 4.33. The number of nitrogens with one attached hydrogen (secondary N) is 1. The molecule has 0 saturated carbocycles. The van der Waals surface area contributed by atoms with E-state index in [0.717, 1.165) is 0 Å². The second-order valence-electron chi connectivity index (χ2n) is 2.00. The lowest BCUT2D eigenvalue weighted by atomic mass is 10.1. The third kappa shape index (κ3) is 1.53. The van der Waals surface area contributed by atoms with Crippen molar-refractivity contribution in [1.82, 2.24) is 5.32 Å². The summed E-state index contributed by atoms with van der Waals surface area (Å²) in [6.45, 7) is 1.15. The van der Waals surface area contributed by atoms with E-state index in [1.54, 1.807) is 6.08 Å². The van der Waals surface area contributed by atoms with Crippen molar-refractivity contribution < 1.29 is 5.11 Å². The number of nitrogens with zero attached hydrogens (tertiary/aromatic N) is 1. The van der Waals surface area contributed by atoms with Crippen molar-refractivity contribution >= 4 is 0 Å². The van der Waals surface area contributed by atoms with E-state index in [2.05, 4.69) is 5.32 Å². The molecule has 0 aliphatic carbocycles. The Labute approximate surface area is 53.6 Å². The summed E-state index contributed by atoms with van der Waals surface area (Å²) in [4.78, 5) is 0. The highest BCUT2D eigenvalue weighted by Crippen LogP contribution is 1.98. The largest absolute Gasteiger partial charge is 0.388 e. The van der Waals surface area contributed by atoms with Crippen molar-refractivity contribution in [2.75, 3.05) is 13.1 Å². The minimum absolute atomic E-state index is 0.478. The fraction of sp³-hybridized carbons (Fsp3) is 0.500. The third-order valence-corrected chi connectivity index (χ3v) is 1.21. The van der Waals surface area contributed by atoms with Crippen molar-refractivity contribution in [2.45, 2.75) is 6.10 Å². The van der Waals surface area contributed by atoms with Gasteiger partial charge in [-0.2, -0.15) is 5.26 Å². The van der Waals surface area contributed by atoms with E-state index in [1.165, 1.54) is 0 Å². The fourth-order valence-corrected chi connectivity index (χ4v) is 0.782. The van der Waals surface area contributed by atoms with Crippen molar-refractivity contribution in [2.24, 2.45) is 0 Å². The first-order valence-electron chi connectivity index (χ1n) is 2.82. The molecule has 1 aliphatic heterocycles. The van der Waals surface area contributed by atoms with Crippen molar-refractivity contribution in [1.29, 1.82) is 5.26 Å². The first-order valence-corrected chi connectivity index (χ1v) is 2.82. The summed E-state index contributed by atoms with van der Waals surface area (Å²) in [6, 6.07) is 1.97. The highest BCUT2D eigenvalue weighted by Gasteiger charge is 2.07. The second kappa shape index (κ2) is 2.62. The van der Waals surface area contributed by atoms with Gasteiger partial charge in [-0.3, -0.25) is 0 Å². The lowest BCUT2D eigenvalue weighted by Gasteiger charge is -2.13. The monoisotopic (exact) mass is 124 g/mol. The molecule has 0 fully saturated rings. The van der Waals surface area contributed by atoms with Crippen molar-refractivity contribution in [3.63, 3.8) is 0 Å². The number of aliphatic hydroxyl groups is 1. The number of hydrogen-bond acceptors (Lipinski definition) is 3. The molecule has 1 aliphatic rings. The molecule has 3 heteroatoms. The minimum atomic E-state index is -0.478. The Morgan fingerprint density at radius 2 is 2.67 bits per heavy atom. The van der Waals surface area contributed by atoms with E-state index < -0.39 is 6.10 Å². The summed E-state index contributed by atoms with van der Waals surface area (Å²) in [6.07, 6.45) is 1.10. The number of aliphatic hydroxyl groups excluding tert-OH is 1. The molecule has 0 saturated heterocycles. The smallest absolute Gasteiger partial charge is 0.0958 e. The molecule has 0 aromatic carbocycles. The Morgan fingerprint density at radius 3 is 3.11 bits per heavy atom. The molecule has 1 unspecified atom stereocenters. The van der Waals surface area contributed by atoms with Gasteiger partial charge in [-0.1, -0.05) is 0 Å². The third-order valence-electron chi connectivity index (χ3n) is 1.21. The van der Waals surface area contributed by atoms with E-state index in [4.69, 9.17) is 10.4 Å². The topological polar surface area (TPSA) is 56.0 Å². The molecule has 1 heterocycles. The van der Waals surface area contributed by atoms with Crippen LogP contribution in [-0.2, 0) is 0 Å². The molecule has 1 rings (SSSR count). The van der Waals surface area contributed by atoms with Crippen LogP contribution in [0.1, 0.15) is 0 Å². The van der Waals surface area contributed by atoms with Crippen LogP contribution in [0.4, 0.5) is 0 Å². The average Bonchev–Trinajstić information content (AvgIpc) is 1.88. The van der Waals surface area contributed by atoms with Crippen LogP contribution in [0.2, 0.25) is 0 Å². The second-order valence-corrected chi connectivity index (χ2v) is 2.00. The lowest BCUT2D eigenvalue weighted by molar-refractivity contribution is 0.214. The van der Waals surface area contributed by atoms with E-state index in [0.29, 0.717) is 18.7 Å². The Kier molecular flexibility index (Phi) is 1.83. The van der Waals surface area contributed by atoms with Crippen LogP contribution in [0.3, 0.4) is 0 Å². The summed E-state index contributed by atoms with van der Waals surface area (Å²) in [5.74, 6) is 0. The van der Waals surface area contributed by atoms with Crippen LogP contribution >= 0.6 is 0 Å². The summed E-state index contributed by atoms with van der Waals surface area (Å²) in [5.41, 5.74) is 0.619. The zero-order valence-corrected chi connectivity index (χ0v) is 4.96. The van der Waals surface area contributed by atoms with Crippen molar-refractivity contribution in [3.8, 4) is 6.07 Å². The molecule has 0 amide bonds. The SMILES string of the molecule is N#CC1=CC(O)CNC1. The average molecular weight is 124 g/mol. The van der Waals surface area contributed by atoms with Crippen LogP contribution < -0.4 is 5.32 Å². The van der Waals surface area contributed by atoms with E-state index >= 15 is 0 Å². The molecule has 0 aromatic heterocycles. The van der Waals surface area contributed by atoms with Gasteiger partial charge in [0.15, 0.2) is 0 Å². The van der Waals surface area contributed by atoms with E-state index in [1.807, 2.05) is 6.07 Å². The van der Waals surface area contributed by atoms with Crippen LogP contribution in [0, 0.1) is 11.3 Å². The molecule has 0 spiro atoms. The Hall–Kier alpha value is -0.850. The highest BCUT2D eigenvalue weighted by atomic mass is 16.3. The summed E-state index contributed by atoms with van der Waals surface area (Å²) in [7, 11) is 0. The normalized spacial score (nSPS) is 26.7. The van der Waals surface area contributed by atoms with E-state index in [9.17, 15) is 0 Å². The van der Waals surface area contributed by atoms with Gasteiger partial charge < -0.3 is 10.4 Å². The fourth-order valence-electron chi connectivity index (χ4n) is 0.782. The lowest BCUT2D eigenvalue weighted by Crippen LogP contribution is -2.31. The standard InChI is InChI=1S/C6H8N2O/c7-2-5-1-6(9)4-8-3-5/h1,6,8-9H,3-4H2. The maximum absolute atomic E-state index is 8.92. The Bertz CT molecular complexity index is 168. The molecule has 0 aromatic rings. The molecule has 2 N–H and O–H groups in total. The van der Waals surface area contributed by atoms with Gasteiger partial charge in [0.1, 0.15) is 0 Å². The van der Waals surface area contributed by atoms with Gasteiger partial charge in [-0.15, -0.1) is 0 Å². The summed E-state index contributed by atoms with van der Waals surface area (Å²) < 4.78 is 0. The van der Waals surface area contributed by atoms with Crippen LogP contribution in [0.25, 0.3) is 0 Å². The van der Waals surface area contributed by atoms with E-state index in [-0.39, 0.29) is 0 Å². The Morgan fingerprint density at radius 1 is 1.89 bits per heavy atom. The summed E-state index contributed by atoms with van der Waals surface area (Å²) >= 11 is 0. The molecule has 3 nitrogen and oxygen atoms in total. The Balaban J connectivity index is 2.62. The highest BCUT2D eigenvalue weighted by molar-refractivity contribution is 5.25. The van der Waals surface area contributed by atoms with Crippen molar-refractivity contribution in [3.05, 3.63) is 11.6 Å². The molecular formula is C6H8N2O. The van der Waals surface area contributed by atoms with Gasteiger partial charge in [0.05, 0.1) is 12.2 Å². The molecule has 0 bridgehead atoms. The number of nitriles is 1. The molecule has 48 valence electrons. The molecular weight excluding hydrogens is 116 g/mol. The zero-order chi connectivity index (χ0) is 6.69. The number of hydrogen-bond donors (Lipinski definition) is 2. The van der Waals surface area contributed by atoms with Gasteiger partial charge in [0.25, 0.3) is 0 Å². The van der Waals surface area contributed by atoms with Crippen LogP contribution in [0.15, 0.2) is 11.6 Å². The molecule has 1 atom stereocenters. The maximum atomic E-state index is 8.92. The quantitative estimate of drug-likeness (QED) is 0.453.